The van der Waals surface area contributed by atoms with Gasteiger partial charge in [0.25, 0.3) is 0 Å². The summed E-state index contributed by atoms with van der Waals surface area (Å²) in [6.45, 7) is 3.65. The molecule has 0 unspecified atom stereocenters. The van der Waals surface area contributed by atoms with Crippen LogP contribution in [-0.2, 0) is 20.9 Å². The lowest BCUT2D eigenvalue weighted by molar-refractivity contribution is -0.137. The molecule has 0 radical (unpaired) electrons. The number of rotatable bonds is 5. The summed E-state index contributed by atoms with van der Waals surface area (Å²) in [5.74, 6) is -1.36. The Bertz CT molecular complexity index is 434. The Morgan fingerprint density at radius 3 is 2.35 bits per heavy atom. The van der Waals surface area contributed by atoms with Crippen LogP contribution in [0, 0.1) is 12.3 Å². The van der Waals surface area contributed by atoms with Gasteiger partial charge in [-0.25, -0.2) is 4.79 Å². The van der Waals surface area contributed by atoms with Gasteiger partial charge in [0.05, 0.1) is 0 Å². The number of nitrogens with one attached hydrogen (secondary N) is 1. The Morgan fingerprint density at radius 2 is 1.82 bits per heavy atom. The first-order chi connectivity index (χ1) is 8.04. The van der Waals surface area contributed by atoms with Gasteiger partial charge in [-0.3, -0.25) is 10.2 Å². The van der Waals surface area contributed by atoms with Gasteiger partial charge >= 0.3 is 5.97 Å². The number of ether oxygens (including phenoxy) is 1. The summed E-state index contributed by atoms with van der Waals surface area (Å²) in [5, 5.41) is 7.28. The molecule has 4 heteroatoms. The molecule has 0 atom stereocenters. The molecule has 1 rings (SSSR count). The van der Waals surface area contributed by atoms with Crippen LogP contribution in [0.1, 0.15) is 24.5 Å². The fraction of sp³-hybridized carbons (Fsp3) is 0.308. The summed E-state index contributed by atoms with van der Waals surface area (Å²) in [6.07, 6.45) is 0.137. The molecule has 1 aromatic carbocycles. The zero-order valence-corrected chi connectivity index (χ0v) is 9.95. The van der Waals surface area contributed by atoms with E-state index < -0.39 is 17.5 Å². The molecule has 0 amide bonds. The number of esters is 1. The van der Waals surface area contributed by atoms with Crippen LogP contribution in [0.5, 0.6) is 0 Å². The number of aryl methyl sites for hydroxylation is 1. The molecule has 90 valence electrons. The van der Waals surface area contributed by atoms with Crippen LogP contribution < -0.4 is 0 Å². The van der Waals surface area contributed by atoms with Gasteiger partial charge in [0, 0.05) is 6.42 Å². The summed E-state index contributed by atoms with van der Waals surface area (Å²) in [4.78, 5) is 22.4. The number of hydrogen-bond acceptors (Lipinski definition) is 4. The average Bonchev–Trinajstić information content (AvgIpc) is 2.35. The van der Waals surface area contributed by atoms with E-state index in [2.05, 4.69) is 0 Å². The molecular formula is C13H15NO3. The molecule has 0 aliphatic heterocycles. The van der Waals surface area contributed by atoms with Crippen molar-refractivity contribution in [2.75, 3.05) is 0 Å². The number of ketones is 1. The van der Waals surface area contributed by atoms with Crippen molar-refractivity contribution in [3.8, 4) is 0 Å². The lowest BCUT2D eigenvalue weighted by atomic mass is 10.2. The second kappa shape index (κ2) is 5.94. The molecule has 0 spiro atoms. The van der Waals surface area contributed by atoms with Crippen LogP contribution in [-0.4, -0.2) is 17.5 Å². The number of carbonyl (C=O) groups excluding carboxylic acids is 2. The number of benzene rings is 1. The Labute approximate surface area is 100 Å². The third-order valence-corrected chi connectivity index (χ3v) is 2.29. The number of hydrogen-bond donors (Lipinski definition) is 1. The van der Waals surface area contributed by atoms with Gasteiger partial charge in [-0.15, -0.1) is 0 Å². The maximum atomic E-state index is 11.3. The smallest absolute Gasteiger partial charge is 0.360 e. The quantitative estimate of drug-likeness (QED) is 0.480. The third kappa shape index (κ3) is 3.83. The predicted octanol–water partition coefficient (Wildman–Crippen LogP) is 2.04. The predicted molar refractivity (Wildman–Crippen MR) is 64.0 cm³/mol. The van der Waals surface area contributed by atoms with Gasteiger partial charge in [-0.2, -0.15) is 0 Å². The molecule has 0 bridgehead atoms. The fourth-order valence-corrected chi connectivity index (χ4v) is 1.20. The van der Waals surface area contributed by atoms with Crippen LogP contribution in [0.15, 0.2) is 24.3 Å². The highest BCUT2D eigenvalue weighted by molar-refractivity contribution is 6.63. The van der Waals surface area contributed by atoms with Crippen LogP contribution in [0.4, 0.5) is 0 Å². The summed E-state index contributed by atoms with van der Waals surface area (Å²) in [6, 6.07) is 7.50. The van der Waals surface area contributed by atoms with E-state index >= 15 is 0 Å². The average molecular weight is 233 g/mol. The molecule has 17 heavy (non-hydrogen) atoms. The van der Waals surface area contributed by atoms with E-state index in [0.717, 1.165) is 11.1 Å². The number of carbonyl (C=O) groups is 2. The molecule has 0 fully saturated rings. The normalized spacial score (nSPS) is 9.76. The van der Waals surface area contributed by atoms with Crippen LogP contribution in [0.25, 0.3) is 0 Å². The molecule has 0 saturated carbocycles. The van der Waals surface area contributed by atoms with E-state index in [4.69, 9.17) is 10.1 Å². The molecule has 0 aromatic heterocycles. The second-order valence-corrected chi connectivity index (χ2v) is 3.71. The number of Topliss-reactive ketones (excluding diaryl/α,β-unsaturated/α-hetero) is 1. The standard InChI is InChI=1S/C13H15NO3/c1-3-11(15)12(14)13(16)17-8-10-6-4-9(2)5-7-10/h4-7,14H,3,8H2,1-2H3. The third-order valence-electron chi connectivity index (χ3n) is 2.29. The minimum Gasteiger partial charge on any atom is -0.456 e. The molecule has 0 heterocycles. The van der Waals surface area contributed by atoms with E-state index in [-0.39, 0.29) is 13.0 Å². The van der Waals surface area contributed by atoms with Gasteiger partial charge in [0.1, 0.15) is 6.61 Å². The van der Waals surface area contributed by atoms with Crippen LogP contribution in [0.2, 0.25) is 0 Å². The van der Waals surface area contributed by atoms with E-state index in [1.165, 1.54) is 0 Å². The van der Waals surface area contributed by atoms with Crippen molar-refractivity contribution >= 4 is 17.5 Å². The lowest BCUT2D eigenvalue weighted by Gasteiger charge is -2.05. The first-order valence-corrected chi connectivity index (χ1v) is 5.39. The van der Waals surface area contributed by atoms with Gasteiger partial charge in [-0.1, -0.05) is 36.8 Å². The topological polar surface area (TPSA) is 67.2 Å². The molecule has 0 aliphatic carbocycles. The van der Waals surface area contributed by atoms with Gasteiger partial charge < -0.3 is 4.74 Å². The fourth-order valence-electron chi connectivity index (χ4n) is 1.20. The van der Waals surface area contributed by atoms with Crippen molar-refractivity contribution in [3.63, 3.8) is 0 Å². The Balaban J connectivity index is 2.51. The summed E-state index contributed by atoms with van der Waals surface area (Å²) in [7, 11) is 0. The molecule has 1 N–H and O–H groups in total. The molecule has 0 saturated heterocycles. The minimum absolute atomic E-state index is 0.0818. The Morgan fingerprint density at radius 1 is 1.24 bits per heavy atom. The minimum atomic E-state index is -0.863. The zero-order chi connectivity index (χ0) is 12.8. The van der Waals surface area contributed by atoms with Crippen molar-refractivity contribution in [1.29, 1.82) is 5.41 Å². The molecular weight excluding hydrogens is 218 g/mol. The monoisotopic (exact) mass is 233 g/mol. The van der Waals surface area contributed by atoms with E-state index in [9.17, 15) is 9.59 Å². The largest absolute Gasteiger partial charge is 0.456 e. The van der Waals surface area contributed by atoms with Crippen molar-refractivity contribution in [2.45, 2.75) is 26.9 Å². The van der Waals surface area contributed by atoms with E-state index in [1.807, 2.05) is 31.2 Å². The Hall–Kier alpha value is -1.97. The first-order valence-electron chi connectivity index (χ1n) is 5.39. The SMILES string of the molecule is CCC(=O)C(=N)C(=O)OCc1ccc(C)cc1. The second-order valence-electron chi connectivity index (χ2n) is 3.71. The molecule has 1 aromatic rings. The summed E-state index contributed by atoms with van der Waals surface area (Å²) < 4.78 is 4.87. The highest BCUT2D eigenvalue weighted by atomic mass is 16.5. The van der Waals surface area contributed by atoms with E-state index in [1.54, 1.807) is 6.92 Å². The van der Waals surface area contributed by atoms with Crippen LogP contribution >= 0.6 is 0 Å². The van der Waals surface area contributed by atoms with Crippen molar-refractivity contribution in [2.24, 2.45) is 0 Å². The van der Waals surface area contributed by atoms with Crippen molar-refractivity contribution in [1.82, 2.24) is 0 Å². The van der Waals surface area contributed by atoms with Crippen molar-refractivity contribution in [3.05, 3.63) is 35.4 Å². The van der Waals surface area contributed by atoms with Gasteiger partial charge in [0.15, 0.2) is 11.5 Å². The highest BCUT2D eigenvalue weighted by Gasteiger charge is 2.17. The maximum Gasteiger partial charge on any atom is 0.360 e. The van der Waals surface area contributed by atoms with E-state index in [0.29, 0.717) is 0 Å². The highest BCUT2D eigenvalue weighted by Crippen LogP contribution is 2.05. The lowest BCUT2D eigenvalue weighted by Crippen LogP contribution is -2.24. The molecule has 4 nitrogen and oxygen atoms in total. The molecule has 0 aliphatic rings. The van der Waals surface area contributed by atoms with Gasteiger partial charge in [0.2, 0.25) is 0 Å². The summed E-state index contributed by atoms with van der Waals surface area (Å²) in [5.41, 5.74) is 1.37. The zero-order valence-electron chi connectivity index (χ0n) is 9.95. The summed E-state index contributed by atoms with van der Waals surface area (Å²) >= 11 is 0. The Kier molecular flexibility index (Phi) is 4.57. The maximum absolute atomic E-state index is 11.3. The van der Waals surface area contributed by atoms with Crippen molar-refractivity contribution < 1.29 is 14.3 Å². The van der Waals surface area contributed by atoms with Crippen LogP contribution in [0.3, 0.4) is 0 Å². The van der Waals surface area contributed by atoms with Gasteiger partial charge in [-0.05, 0) is 12.5 Å². The first kappa shape index (κ1) is 13.1.